The van der Waals surface area contributed by atoms with Crippen molar-refractivity contribution >= 4 is 9.24 Å². The van der Waals surface area contributed by atoms with E-state index >= 15 is 0 Å². The molecular weight excluding hydrogens is 115 g/mol. The third-order valence-electron chi connectivity index (χ3n) is 1.82. The molecule has 0 amide bonds. The van der Waals surface area contributed by atoms with Crippen molar-refractivity contribution in [1.82, 2.24) is 0 Å². The van der Waals surface area contributed by atoms with Gasteiger partial charge in [-0.15, -0.1) is 9.24 Å². The Balaban J connectivity index is 2.32. The van der Waals surface area contributed by atoms with Gasteiger partial charge in [-0.25, -0.2) is 0 Å². The third-order valence-corrected chi connectivity index (χ3v) is 2.11. The predicted octanol–water partition coefficient (Wildman–Crippen LogP) is 2.22. The lowest BCUT2D eigenvalue weighted by Crippen LogP contribution is -2.18. The Morgan fingerprint density at radius 2 is 2.38 bits per heavy atom. The molecule has 0 radical (unpaired) electrons. The van der Waals surface area contributed by atoms with Crippen LogP contribution in [0.15, 0.2) is 12.2 Å². The molecule has 0 saturated heterocycles. The van der Waals surface area contributed by atoms with E-state index in [-0.39, 0.29) is 0 Å². The van der Waals surface area contributed by atoms with Gasteiger partial charge in [0.05, 0.1) is 0 Å². The second kappa shape index (κ2) is 2.19. The Bertz CT molecular complexity index is 107. The SMILES string of the molecule is CC1(CCP)C=CC1. The van der Waals surface area contributed by atoms with Crippen LogP contribution in [-0.4, -0.2) is 6.16 Å². The maximum Gasteiger partial charge on any atom is -0.0109 e. The summed E-state index contributed by atoms with van der Waals surface area (Å²) in [5.41, 5.74) is 0.571. The van der Waals surface area contributed by atoms with Crippen LogP contribution in [0.2, 0.25) is 0 Å². The summed E-state index contributed by atoms with van der Waals surface area (Å²) in [6.07, 6.45) is 8.42. The summed E-state index contributed by atoms with van der Waals surface area (Å²) in [5, 5.41) is 0. The molecule has 0 aromatic heterocycles. The van der Waals surface area contributed by atoms with Gasteiger partial charge in [0.2, 0.25) is 0 Å². The van der Waals surface area contributed by atoms with E-state index in [9.17, 15) is 0 Å². The van der Waals surface area contributed by atoms with Crippen molar-refractivity contribution < 1.29 is 0 Å². The fourth-order valence-electron chi connectivity index (χ4n) is 1.04. The molecule has 0 aliphatic heterocycles. The lowest BCUT2D eigenvalue weighted by atomic mass is 9.76. The molecule has 0 aromatic carbocycles. The maximum atomic E-state index is 2.77. The second-order valence-electron chi connectivity index (χ2n) is 2.80. The van der Waals surface area contributed by atoms with Crippen LogP contribution in [0.5, 0.6) is 0 Å². The lowest BCUT2D eigenvalue weighted by molar-refractivity contribution is 0.381. The zero-order valence-corrected chi connectivity index (χ0v) is 6.51. The largest absolute Gasteiger partial charge is 0.138 e. The van der Waals surface area contributed by atoms with E-state index in [0.29, 0.717) is 5.41 Å². The molecule has 0 bridgehead atoms. The second-order valence-corrected chi connectivity index (χ2v) is 3.38. The first-order chi connectivity index (χ1) is 3.77. The highest BCUT2D eigenvalue weighted by atomic mass is 31.0. The fraction of sp³-hybridized carbons (Fsp3) is 0.714. The molecule has 0 fully saturated rings. The molecule has 0 saturated carbocycles. The van der Waals surface area contributed by atoms with Crippen LogP contribution in [0.1, 0.15) is 19.8 Å². The van der Waals surface area contributed by atoms with Crippen LogP contribution in [0.3, 0.4) is 0 Å². The average molecular weight is 128 g/mol. The van der Waals surface area contributed by atoms with Gasteiger partial charge in [0.25, 0.3) is 0 Å². The van der Waals surface area contributed by atoms with E-state index in [1.807, 2.05) is 0 Å². The summed E-state index contributed by atoms with van der Waals surface area (Å²) in [5.74, 6) is 0. The first-order valence-electron chi connectivity index (χ1n) is 3.15. The van der Waals surface area contributed by atoms with Crippen molar-refractivity contribution in [2.24, 2.45) is 5.41 Å². The highest BCUT2D eigenvalue weighted by molar-refractivity contribution is 7.16. The summed E-state index contributed by atoms with van der Waals surface area (Å²) >= 11 is 0. The molecule has 1 rings (SSSR count). The Morgan fingerprint density at radius 3 is 2.50 bits per heavy atom. The molecule has 1 aliphatic carbocycles. The number of hydrogen-bond donors (Lipinski definition) is 0. The molecule has 0 aromatic rings. The molecule has 0 heterocycles. The number of rotatable bonds is 2. The first-order valence-corrected chi connectivity index (χ1v) is 3.96. The van der Waals surface area contributed by atoms with Crippen LogP contribution in [-0.2, 0) is 0 Å². The quantitative estimate of drug-likeness (QED) is 0.395. The first kappa shape index (κ1) is 6.29. The number of allylic oxidation sites excluding steroid dienone is 2. The minimum Gasteiger partial charge on any atom is -0.138 e. The Labute approximate surface area is 53.6 Å². The fourth-order valence-corrected chi connectivity index (χ4v) is 1.69. The summed E-state index contributed by atoms with van der Waals surface area (Å²) in [4.78, 5) is 0. The normalized spacial score (nSPS) is 34.8. The highest BCUT2D eigenvalue weighted by Crippen LogP contribution is 2.36. The smallest absolute Gasteiger partial charge is 0.0109 e. The Kier molecular flexibility index (Phi) is 1.72. The van der Waals surface area contributed by atoms with Crippen LogP contribution in [0, 0.1) is 5.41 Å². The van der Waals surface area contributed by atoms with E-state index in [0.717, 1.165) is 0 Å². The summed E-state index contributed by atoms with van der Waals surface area (Å²) < 4.78 is 0. The van der Waals surface area contributed by atoms with E-state index in [4.69, 9.17) is 0 Å². The van der Waals surface area contributed by atoms with Gasteiger partial charge in [0.1, 0.15) is 0 Å². The van der Waals surface area contributed by atoms with Crippen molar-refractivity contribution in [3.8, 4) is 0 Å². The van der Waals surface area contributed by atoms with E-state index < -0.39 is 0 Å². The van der Waals surface area contributed by atoms with Gasteiger partial charge in [0.15, 0.2) is 0 Å². The van der Waals surface area contributed by atoms with E-state index in [1.54, 1.807) is 0 Å². The van der Waals surface area contributed by atoms with Crippen LogP contribution < -0.4 is 0 Å². The molecule has 2 atom stereocenters. The maximum absolute atomic E-state index is 2.77. The molecule has 8 heavy (non-hydrogen) atoms. The summed E-state index contributed by atoms with van der Waals surface area (Å²) in [6.45, 7) is 2.32. The van der Waals surface area contributed by atoms with Gasteiger partial charge < -0.3 is 0 Å². The molecule has 2 unspecified atom stereocenters. The summed E-state index contributed by atoms with van der Waals surface area (Å²) in [6, 6.07) is 0. The van der Waals surface area contributed by atoms with Gasteiger partial charge in [-0.3, -0.25) is 0 Å². The zero-order chi connectivity index (χ0) is 6.04. The summed E-state index contributed by atoms with van der Waals surface area (Å²) in [7, 11) is 2.77. The third kappa shape index (κ3) is 1.11. The van der Waals surface area contributed by atoms with E-state index in [2.05, 4.69) is 28.3 Å². The van der Waals surface area contributed by atoms with Crippen LogP contribution in [0.4, 0.5) is 0 Å². The van der Waals surface area contributed by atoms with Crippen molar-refractivity contribution in [3.05, 3.63) is 12.2 Å². The topological polar surface area (TPSA) is 0 Å². The van der Waals surface area contributed by atoms with Crippen molar-refractivity contribution in [3.63, 3.8) is 0 Å². The van der Waals surface area contributed by atoms with Gasteiger partial charge in [-0.2, -0.15) is 0 Å². The van der Waals surface area contributed by atoms with Crippen molar-refractivity contribution in [1.29, 1.82) is 0 Å². The standard InChI is InChI=1S/C7H13P/c1-7(5-6-8)3-2-4-7/h2-3H,4-6,8H2,1H3. The molecular formula is C7H13P. The van der Waals surface area contributed by atoms with Gasteiger partial charge >= 0.3 is 0 Å². The van der Waals surface area contributed by atoms with Gasteiger partial charge in [-0.05, 0) is 24.4 Å². The minimum absolute atomic E-state index is 0.571. The molecule has 0 spiro atoms. The van der Waals surface area contributed by atoms with Crippen molar-refractivity contribution in [2.45, 2.75) is 19.8 Å². The Hall–Kier alpha value is 0.170. The van der Waals surface area contributed by atoms with Crippen LogP contribution >= 0.6 is 9.24 Å². The molecule has 1 heteroatoms. The predicted molar refractivity (Wildman–Crippen MR) is 41.1 cm³/mol. The monoisotopic (exact) mass is 128 g/mol. The van der Waals surface area contributed by atoms with Crippen molar-refractivity contribution in [2.75, 3.05) is 6.16 Å². The lowest BCUT2D eigenvalue weighted by Gasteiger charge is -2.30. The molecule has 0 nitrogen and oxygen atoms in total. The number of hydrogen-bond acceptors (Lipinski definition) is 0. The highest BCUT2D eigenvalue weighted by Gasteiger charge is 2.23. The van der Waals surface area contributed by atoms with Gasteiger partial charge in [0, 0.05) is 0 Å². The van der Waals surface area contributed by atoms with E-state index in [1.165, 1.54) is 19.0 Å². The Morgan fingerprint density at radius 1 is 1.75 bits per heavy atom. The van der Waals surface area contributed by atoms with Gasteiger partial charge in [-0.1, -0.05) is 19.1 Å². The van der Waals surface area contributed by atoms with Crippen LogP contribution in [0.25, 0.3) is 0 Å². The molecule has 1 aliphatic rings. The molecule has 46 valence electrons. The zero-order valence-electron chi connectivity index (χ0n) is 5.35. The average Bonchev–Trinajstić information content (AvgIpc) is 1.64. The molecule has 0 N–H and O–H groups in total. The minimum atomic E-state index is 0.571.